The number of carbonyl (C=O) groups excluding carboxylic acids is 2. The summed E-state index contributed by atoms with van der Waals surface area (Å²) >= 11 is 0. The highest BCUT2D eigenvalue weighted by Gasteiger charge is 2.25. The summed E-state index contributed by atoms with van der Waals surface area (Å²) in [5.74, 6) is 0.00688. The van der Waals surface area contributed by atoms with Crippen LogP contribution < -0.4 is 0 Å². The Morgan fingerprint density at radius 1 is 0.846 bits per heavy atom. The van der Waals surface area contributed by atoms with Gasteiger partial charge in [0.25, 0.3) is 5.91 Å². The number of fused-ring (bicyclic) bond motifs is 1. The Bertz CT molecular complexity index is 929. The molecule has 0 aliphatic carbocycles. The van der Waals surface area contributed by atoms with Crippen LogP contribution in [0.2, 0.25) is 0 Å². The van der Waals surface area contributed by atoms with Gasteiger partial charge in [0.05, 0.1) is 5.52 Å². The van der Waals surface area contributed by atoms with E-state index in [9.17, 15) is 9.59 Å². The van der Waals surface area contributed by atoms with E-state index in [-0.39, 0.29) is 18.4 Å². The molecule has 0 unspecified atom stereocenters. The summed E-state index contributed by atoms with van der Waals surface area (Å²) in [5, 5.41) is 8.14. The molecular formula is C19H19N5O2. The highest BCUT2D eigenvalue weighted by molar-refractivity contribution is 5.94. The van der Waals surface area contributed by atoms with Crippen LogP contribution in [0.5, 0.6) is 0 Å². The molecule has 132 valence electrons. The first-order chi connectivity index (χ1) is 12.7. The molecule has 1 aliphatic heterocycles. The van der Waals surface area contributed by atoms with Crippen LogP contribution in [0.1, 0.15) is 10.4 Å². The fourth-order valence-corrected chi connectivity index (χ4v) is 3.18. The van der Waals surface area contributed by atoms with Gasteiger partial charge in [0.2, 0.25) is 5.91 Å². The predicted molar refractivity (Wildman–Crippen MR) is 96.5 cm³/mol. The molecule has 7 nitrogen and oxygen atoms in total. The molecule has 0 saturated carbocycles. The van der Waals surface area contributed by atoms with Gasteiger partial charge in [-0.2, -0.15) is 0 Å². The molecule has 4 rings (SSSR count). The molecule has 7 heteroatoms. The minimum atomic E-state index is -0.00698. The second kappa shape index (κ2) is 6.95. The average molecular weight is 349 g/mol. The van der Waals surface area contributed by atoms with Crippen LogP contribution in [-0.4, -0.2) is 62.8 Å². The topological polar surface area (TPSA) is 71.3 Å². The number of aromatic nitrogens is 3. The van der Waals surface area contributed by atoms with Gasteiger partial charge in [0.15, 0.2) is 0 Å². The van der Waals surface area contributed by atoms with Crippen molar-refractivity contribution in [2.45, 2.75) is 6.54 Å². The van der Waals surface area contributed by atoms with E-state index in [0.717, 1.165) is 11.0 Å². The third kappa shape index (κ3) is 3.15. The Labute approximate surface area is 150 Å². The molecule has 0 spiro atoms. The van der Waals surface area contributed by atoms with E-state index in [1.54, 1.807) is 14.5 Å². The Balaban J connectivity index is 1.37. The number of carbonyl (C=O) groups is 2. The van der Waals surface area contributed by atoms with Crippen LogP contribution in [0.3, 0.4) is 0 Å². The molecule has 0 bridgehead atoms. The van der Waals surface area contributed by atoms with Gasteiger partial charge in [-0.25, -0.2) is 4.68 Å². The molecule has 1 saturated heterocycles. The Morgan fingerprint density at radius 2 is 1.50 bits per heavy atom. The minimum absolute atomic E-state index is 0.00698. The summed E-state index contributed by atoms with van der Waals surface area (Å²) in [6.07, 6.45) is 0. The number of rotatable bonds is 3. The number of para-hydroxylation sites is 1. The molecule has 0 N–H and O–H groups in total. The lowest BCUT2D eigenvalue weighted by atomic mass is 10.2. The van der Waals surface area contributed by atoms with Crippen molar-refractivity contribution in [1.29, 1.82) is 0 Å². The Hall–Kier alpha value is -3.22. The number of benzene rings is 2. The van der Waals surface area contributed by atoms with Crippen LogP contribution in [-0.2, 0) is 11.3 Å². The van der Waals surface area contributed by atoms with Gasteiger partial charge in [0.1, 0.15) is 12.1 Å². The molecule has 0 radical (unpaired) electrons. The van der Waals surface area contributed by atoms with Crippen molar-refractivity contribution in [1.82, 2.24) is 24.8 Å². The molecule has 1 fully saturated rings. The van der Waals surface area contributed by atoms with Crippen LogP contribution in [0.4, 0.5) is 0 Å². The predicted octanol–water partition coefficient (Wildman–Crippen LogP) is 1.42. The van der Waals surface area contributed by atoms with Gasteiger partial charge in [-0.1, -0.05) is 35.5 Å². The maximum absolute atomic E-state index is 12.6. The first-order valence-electron chi connectivity index (χ1n) is 8.63. The lowest BCUT2D eigenvalue weighted by molar-refractivity contribution is -0.133. The third-order valence-corrected chi connectivity index (χ3v) is 4.65. The Morgan fingerprint density at radius 3 is 2.27 bits per heavy atom. The van der Waals surface area contributed by atoms with E-state index >= 15 is 0 Å². The van der Waals surface area contributed by atoms with Gasteiger partial charge < -0.3 is 9.80 Å². The summed E-state index contributed by atoms with van der Waals surface area (Å²) in [5.41, 5.74) is 2.30. The zero-order valence-corrected chi connectivity index (χ0v) is 14.3. The first kappa shape index (κ1) is 16.3. The van der Waals surface area contributed by atoms with Crippen molar-refractivity contribution in [2.75, 3.05) is 26.2 Å². The zero-order chi connectivity index (χ0) is 17.9. The number of hydrogen-bond donors (Lipinski definition) is 0. The minimum Gasteiger partial charge on any atom is -0.338 e. The second-order valence-corrected chi connectivity index (χ2v) is 6.27. The molecule has 2 amide bonds. The van der Waals surface area contributed by atoms with Crippen molar-refractivity contribution in [3.8, 4) is 0 Å². The average Bonchev–Trinajstić information content (AvgIpc) is 3.11. The van der Waals surface area contributed by atoms with Crippen molar-refractivity contribution in [3.63, 3.8) is 0 Å². The maximum Gasteiger partial charge on any atom is 0.253 e. The van der Waals surface area contributed by atoms with Crippen LogP contribution in [0.15, 0.2) is 54.6 Å². The Kier molecular flexibility index (Phi) is 4.35. The number of nitrogens with zero attached hydrogens (tertiary/aromatic N) is 5. The standard InChI is InChI=1S/C19H19N5O2/c25-18(14-24-17-9-5-4-8-16(17)20-21-24)22-10-12-23(13-11-22)19(26)15-6-2-1-3-7-15/h1-9H,10-14H2. The van der Waals surface area contributed by atoms with Crippen LogP contribution >= 0.6 is 0 Å². The van der Waals surface area contributed by atoms with Gasteiger partial charge in [0, 0.05) is 31.7 Å². The highest BCUT2D eigenvalue weighted by Crippen LogP contribution is 2.12. The molecule has 2 aromatic carbocycles. The second-order valence-electron chi connectivity index (χ2n) is 6.27. The van der Waals surface area contributed by atoms with E-state index < -0.39 is 0 Å². The van der Waals surface area contributed by atoms with E-state index in [4.69, 9.17) is 0 Å². The monoisotopic (exact) mass is 349 g/mol. The van der Waals surface area contributed by atoms with Crippen molar-refractivity contribution in [2.24, 2.45) is 0 Å². The molecular weight excluding hydrogens is 330 g/mol. The zero-order valence-electron chi connectivity index (χ0n) is 14.3. The molecule has 1 aliphatic rings. The fourth-order valence-electron chi connectivity index (χ4n) is 3.18. The van der Waals surface area contributed by atoms with Crippen molar-refractivity contribution >= 4 is 22.8 Å². The lowest BCUT2D eigenvalue weighted by Gasteiger charge is -2.34. The molecule has 26 heavy (non-hydrogen) atoms. The van der Waals surface area contributed by atoms with E-state index in [1.165, 1.54) is 0 Å². The number of piperazine rings is 1. The maximum atomic E-state index is 12.6. The first-order valence-corrected chi connectivity index (χ1v) is 8.63. The number of hydrogen-bond acceptors (Lipinski definition) is 4. The summed E-state index contributed by atoms with van der Waals surface area (Å²) in [6.45, 7) is 2.30. The van der Waals surface area contributed by atoms with Crippen molar-refractivity contribution < 1.29 is 9.59 Å². The lowest BCUT2D eigenvalue weighted by Crippen LogP contribution is -2.51. The third-order valence-electron chi connectivity index (χ3n) is 4.65. The number of amides is 2. The molecule has 1 aromatic heterocycles. The summed E-state index contributed by atoms with van der Waals surface area (Å²) < 4.78 is 1.62. The van der Waals surface area contributed by atoms with Gasteiger partial charge >= 0.3 is 0 Å². The summed E-state index contributed by atoms with van der Waals surface area (Å²) in [4.78, 5) is 28.6. The quantitative estimate of drug-likeness (QED) is 0.717. The summed E-state index contributed by atoms with van der Waals surface area (Å²) in [7, 11) is 0. The van der Waals surface area contributed by atoms with E-state index in [2.05, 4.69) is 10.3 Å². The molecule has 3 aromatic rings. The van der Waals surface area contributed by atoms with Gasteiger partial charge in [-0.15, -0.1) is 5.10 Å². The van der Waals surface area contributed by atoms with Gasteiger partial charge in [-0.3, -0.25) is 9.59 Å². The molecule has 2 heterocycles. The molecule has 0 atom stereocenters. The normalized spacial score (nSPS) is 14.6. The SMILES string of the molecule is O=C(Cn1nnc2ccccc21)N1CCN(C(=O)c2ccccc2)CC1. The fraction of sp³-hybridized carbons (Fsp3) is 0.263. The summed E-state index contributed by atoms with van der Waals surface area (Å²) in [6, 6.07) is 16.8. The largest absolute Gasteiger partial charge is 0.338 e. The smallest absolute Gasteiger partial charge is 0.253 e. The highest BCUT2D eigenvalue weighted by atomic mass is 16.2. The van der Waals surface area contributed by atoms with Crippen molar-refractivity contribution in [3.05, 3.63) is 60.2 Å². The van der Waals surface area contributed by atoms with Crippen LogP contribution in [0, 0.1) is 0 Å². The van der Waals surface area contributed by atoms with Crippen LogP contribution in [0.25, 0.3) is 11.0 Å². The van der Waals surface area contributed by atoms with E-state index in [0.29, 0.717) is 31.7 Å². The van der Waals surface area contributed by atoms with E-state index in [1.807, 2.05) is 54.6 Å². The van der Waals surface area contributed by atoms with Gasteiger partial charge in [-0.05, 0) is 24.3 Å².